The Labute approximate surface area is 121 Å². The van der Waals surface area contributed by atoms with Gasteiger partial charge in [0, 0.05) is 12.1 Å². The van der Waals surface area contributed by atoms with Crippen molar-refractivity contribution in [2.45, 2.75) is 6.42 Å². The summed E-state index contributed by atoms with van der Waals surface area (Å²) in [5.74, 6) is -0.0745. The number of hydrogen-bond acceptors (Lipinski definition) is 3. The van der Waals surface area contributed by atoms with Gasteiger partial charge < -0.3 is 15.5 Å². The summed E-state index contributed by atoms with van der Waals surface area (Å²) in [6.07, 6.45) is 0.665. The van der Waals surface area contributed by atoms with Crippen molar-refractivity contribution in [1.29, 1.82) is 0 Å². The third-order valence-electron chi connectivity index (χ3n) is 2.85. The minimum absolute atomic E-state index is 0.0488. The molecule has 3 N–H and O–H groups in total. The van der Waals surface area contributed by atoms with E-state index in [0.717, 1.165) is 5.56 Å². The molecule has 0 aliphatic carbocycles. The Bertz CT molecular complexity index is 611. The largest absolute Gasteiger partial charge is 0.508 e. The fourth-order valence-electron chi connectivity index (χ4n) is 1.73. The summed E-state index contributed by atoms with van der Waals surface area (Å²) < 4.78 is 0. The van der Waals surface area contributed by atoms with E-state index in [-0.39, 0.29) is 22.4 Å². The zero-order valence-corrected chi connectivity index (χ0v) is 11.4. The number of nitrogens with one attached hydrogen (secondary N) is 1. The lowest BCUT2D eigenvalue weighted by atomic mass is 10.1. The van der Waals surface area contributed by atoms with Crippen LogP contribution in [0.5, 0.6) is 11.5 Å². The molecule has 0 saturated carbocycles. The predicted molar refractivity (Wildman–Crippen MR) is 77.3 cm³/mol. The van der Waals surface area contributed by atoms with Crippen LogP contribution < -0.4 is 5.32 Å². The third kappa shape index (κ3) is 3.65. The number of rotatable bonds is 4. The molecule has 4 nitrogen and oxygen atoms in total. The molecular formula is C15H14ClNO3. The van der Waals surface area contributed by atoms with Crippen molar-refractivity contribution in [2.24, 2.45) is 0 Å². The summed E-state index contributed by atoms with van der Waals surface area (Å²) in [5, 5.41) is 21.4. The van der Waals surface area contributed by atoms with Crippen molar-refractivity contribution < 1.29 is 15.0 Å². The standard InChI is InChI=1S/C15H14ClNO3/c16-13-9-11(3-6-14(13)19)15(20)17-8-7-10-1-4-12(18)5-2-10/h1-6,9,18-19H,7-8H2,(H,17,20). The van der Waals surface area contributed by atoms with Gasteiger partial charge in [-0.05, 0) is 42.3 Å². The van der Waals surface area contributed by atoms with Crippen LogP contribution in [0.2, 0.25) is 5.02 Å². The van der Waals surface area contributed by atoms with Crippen LogP contribution in [0, 0.1) is 0 Å². The van der Waals surface area contributed by atoms with Gasteiger partial charge in [-0.2, -0.15) is 0 Å². The first-order chi connectivity index (χ1) is 9.56. The average molecular weight is 292 g/mol. The number of halogens is 1. The van der Waals surface area contributed by atoms with Gasteiger partial charge in [-0.1, -0.05) is 23.7 Å². The van der Waals surface area contributed by atoms with Crippen molar-refractivity contribution in [3.8, 4) is 11.5 Å². The van der Waals surface area contributed by atoms with E-state index in [1.807, 2.05) is 0 Å². The predicted octanol–water partition coefficient (Wildman–Crippen LogP) is 2.72. The van der Waals surface area contributed by atoms with E-state index in [0.29, 0.717) is 18.5 Å². The van der Waals surface area contributed by atoms with Crippen LogP contribution >= 0.6 is 11.6 Å². The Morgan fingerprint density at radius 1 is 1.10 bits per heavy atom. The van der Waals surface area contributed by atoms with Gasteiger partial charge in [-0.15, -0.1) is 0 Å². The van der Waals surface area contributed by atoms with Gasteiger partial charge in [0.25, 0.3) is 5.91 Å². The Hall–Kier alpha value is -2.20. The second kappa shape index (κ2) is 6.30. The van der Waals surface area contributed by atoms with E-state index in [4.69, 9.17) is 16.7 Å². The molecule has 0 saturated heterocycles. The molecule has 2 aromatic rings. The summed E-state index contributed by atoms with van der Waals surface area (Å²) in [4.78, 5) is 11.9. The number of carbonyl (C=O) groups excluding carboxylic acids is 1. The number of hydrogen-bond donors (Lipinski definition) is 3. The lowest BCUT2D eigenvalue weighted by molar-refractivity contribution is 0.0954. The lowest BCUT2D eigenvalue weighted by Crippen LogP contribution is -2.25. The molecule has 0 aromatic heterocycles. The maximum absolute atomic E-state index is 11.9. The first-order valence-electron chi connectivity index (χ1n) is 6.11. The highest BCUT2D eigenvalue weighted by molar-refractivity contribution is 6.32. The van der Waals surface area contributed by atoms with Crippen molar-refractivity contribution in [1.82, 2.24) is 5.32 Å². The normalized spacial score (nSPS) is 10.2. The van der Waals surface area contributed by atoms with Crippen LogP contribution in [-0.4, -0.2) is 22.7 Å². The fourth-order valence-corrected chi connectivity index (χ4v) is 1.91. The minimum Gasteiger partial charge on any atom is -0.508 e. The van der Waals surface area contributed by atoms with Crippen LogP contribution in [0.1, 0.15) is 15.9 Å². The zero-order chi connectivity index (χ0) is 14.5. The third-order valence-corrected chi connectivity index (χ3v) is 3.15. The molecule has 0 atom stereocenters. The fraction of sp³-hybridized carbons (Fsp3) is 0.133. The highest BCUT2D eigenvalue weighted by Crippen LogP contribution is 2.23. The van der Waals surface area contributed by atoms with E-state index < -0.39 is 0 Å². The van der Waals surface area contributed by atoms with Gasteiger partial charge in [0.2, 0.25) is 0 Å². The van der Waals surface area contributed by atoms with Gasteiger partial charge in [-0.25, -0.2) is 0 Å². The van der Waals surface area contributed by atoms with Crippen molar-refractivity contribution in [3.05, 3.63) is 58.6 Å². The molecule has 0 spiro atoms. The average Bonchev–Trinajstić information content (AvgIpc) is 2.44. The number of amides is 1. The summed E-state index contributed by atoms with van der Waals surface area (Å²) in [6, 6.07) is 11.1. The second-order valence-electron chi connectivity index (χ2n) is 4.34. The van der Waals surface area contributed by atoms with Gasteiger partial charge >= 0.3 is 0 Å². The lowest BCUT2D eigenvalue weighted by Gasteiger charge is -2.06. The molecule has 0 bridgehead atoms. The van der Waals surface area contributed by atoms with Crippen LogP contribution in [0.3, 0.4) is 0 Å². The van der Waals surface area contributed by atoms with Crippen molar-refractivity contribution in [3.63, 3.8) is 0 Å². The Morgan fingerprint density at radius 2 is 1.80 bits per heavy atom. The van der Waals surface area contributed by atoms with Crippen LogP contribution in [0.25, 0.3) is 0 Å². The Morgan fingerprint density at radius 3 is 2.45 bits per heavy atom. The maximum Gasteiger partial charge on any atom is 0.251 e. The van der Waals surface area contributed by atoms with Crippen molar-refractivity contribution in [2.75, 3.05) is 6.54 Å². The smallest absolute Gasteiger partial charge is 0.251 e. The topological polar surface area (TPSA) is 69.6 Å². The van der Waals surface area contributed by atoms with Gasteiger partial charge in [0.15, 0.2) is 0 Å². The number of carbonyl (C=O) groups is 1. The first kappa shape index (κ1) is 14.2. The summed E-state index contributed by atoms with van der Waals surface area (Å²) in [6.45, 7) is 0.474. The Kier molecular flexibility index (Phi) is 4.48. The number of benzene rings is 2. The molecule has 20 heavy (non-hydrogen) atoms. The van der Waals surface area contributed by atoms with E-state index in [1.54, 1.807) is 24.3 Å². The van der Waals surface area contributed by atoms with Crippen LogP contribution in [0.4, 0.5) is 0 Å². The summed E-state index contributed by atoms with van der Waals surface area (Å²) in [7, 11) is 0. The molecule has 0 radical (unpaired) electrons. The molecule has 2 aromatic carbocycles. The monoisotopic (exact) mass is 291 g/mol. The van der Waals surface area contributed by atoms with E-state index in [1.165, 1.54) is 18.2 Å². The molecule has 0 aliphatic heterocycles. The summed E-state index contributed by atoms with van der Waals surface area (Å²) >= 11 is 5.75. The van der Waals surface area contributed by atoms with Gasteiger partial charge in [0.05, 0.1) is 5.02 Å². The molecule has 0 heterocycles. The number of aromatic hydroxyl groups is 2. The van der Waals surface area contributed by atoms with E-state index in [2.05, 4.69) is 5.32 Å². The number of phenolic OH excluding ortho intramolecular Hbond substituents is 2. The van der Waals surface area contributed by atoms with Crippen molar-refractivity contribution >= 4 is 17.5 Å². The van der Waals surface area contributed by atoms with E-state index in [9.17, 15) is 9.90 Å². The molecule has 0 fully saturated rings. The molecular weight excluding hydrogens is 278 g/mol. The molecule has 2 rings (SSSR count). The molecule has 1 amide bonds. The van der Waals surface area contributed by atoms with E-state index >= 15 is 0 Å². The molecule has 0 aliphatic rings. The zero-order valence-electron chi connectivity index (χ0n) is 10.6. The van der Waals surface area contributed by atoms with Gasteiger partial charge in [0.1, 0.15) is 11.5 Å². The highest BCUT2D eigenvalue weighted by atomic mass is 35.5. The molecule has 5 heteroatoms. The summed E-state index contributed by atoms with van der Waals surface area (Å²) in [5.41, 5.74) is 1.42. The first-order valence-corrected chi connectivity index (χ1v) is 6.48. The molecule has 0 unspecified atom stereocenters. The maximum atomic E-state index is 11.9. The second-order valence-corrected chi connectivity index (χ2v) is 4.75. The highest BCUT2D eigenvalue weighted by Gasteiger charge is 2.07. The molecule has 104 valence electrons. The SMILES string of the molecule is O=C(NCCc1ccc(O)cc1)c1ccc(O)c(Cl)c1. The van der Waals surface area contributed by atoms with Crippen LogP contribution in [0.15, 0.2) is 42.5 Å². The Balaban J connectivity index is 1.88. The quantitative estimate of drug-likeness (QED) is 0.811. The van der Waals surface area contributed by atoms with Gasteiger partial charge in [-0.3, -0.25) is 4.79 Å². The minimum atomic E-state index is -0.245. The van der Waals surface area contributed by atoms with Crippen LogP contribution in [-0.2, 0) is 6.42 Å². The number of phenols is 2.